The molecule has 1 N–H and O–H groups in total. The molecule has 3 unspecified atom stereocenters. The molecule has 0 aromatic heterocycles. The first-order chi connectivity index (χ1) is 14.0. The van der Waals surface area contributed by atoms with Gasteiger partial charge in [-0.2, -0.15) is 5.10 Å². The van der Waals surface area contributed by atoms with Crippen LogP contribution in [-0.4, -0.2) is 83.0 Å². The largest absolute Gasteiger partial charge is 0.327 e. The fourth-order valence-corrected chi connectivity index (χ4v) is 4.43. The summed E-state index contributed by atoms with van der Waals surface area (Å²) in [5.41, 5.74) is 2.02. The van der Waals surface area contributed by atoms with E-state index >= 15 is 0 Å². The topological polar surface area (TPSA) is 71.5 Å². The van der Waals surface area contributed by atoms with Crippen molar-refractivity contribution >= 4 is 17.6 Å². The number of likely N-dealkylation sites (N-methyl/N-ethyl adjacent to an activating group) is 2. The highest BCUT2D eigenvalue weighted by molar-refractivity contribution is 6.04. The molecule has 0 spiro atoms. The molecule has 29 heavy (non-hydrogen) atoms. The maximum Gasteiger partial charge on any atom is 0.327 e. The number of hydrogen-bond acceptors (Lipinski definition) is 6. The van der Waals surface area contributed by atoms with Crippen LogP contribution >= 0.6 is 0 Å². The molecule has 3 atom stereocenters. The minimum Gasteiger partial charge on any atom is -0.310 e. The van der Waals surface area contributed by atoms with Gasteiger partial charge < -0.3 is 4.90 Å². The fraction of sp³-hybridized carbons (Fsp3) is 0.571. The van der Waals surface area contributed by atoms with E-state index in [4.69, 9.17) is 5.10 Å². The van der Waals surface area contributed by atoms with Crippen LogP contribution in [-0.2, 0) is 4.79 Å². The van der Waals surface area contributed by atoms with Crippen molar-refractivity contribution in [2.24, 2.45) is 5.10 Å². The van der Waals surface area contributed by atoms with E-state index in [1.54, 1.807) is 19.0 Å². The quantitative estimate of drug-likeness (QED) is 0.739. The number of imide groups is 1. The molecule has 156 valence electrons. The standard InChI is InChI=1S/C21H30N6O2/c1-4-5-6-10-13-27-20-22-18-17(19(28)25(3)21(29)24(18)2)26(20)14-16(23-27)15-11-8-7-9-12-15/h7-9,11-12,17-18,20,22H,4-6,10,13-14H2,1-3H3. The highest BCUT2D eigenvalue weighted by atomic mass is 16.2. The Kier molecular flexibility index (Phi) is 5.56. The van der Waals surface area contributed by atoms with E-state index in [1.165, 1.54) is 17.7 Å². The summed E-state index contributed by atoms with van der Waals surface area (Å²) < 4.78 is 0. The number of benzene rings is 1. The second-order valence-electron chi connectivity index (χ2n) is 8.03. The zero-order valence-electron chi connectivity index (χ0n) is 17.4. The summed E-state index contributed by atoms with van der Waals surface area (Å²) in [6, 6.07) is 9.42. The van der Waals surface area contributed by atoms with Crippen molar-refractivity contribution in [2.75, 3.05) is 27.2 Å². The Morgan fingerprint density at radius 1 is 1.10 bits per heavy atom. The molecule has 4 rings (SSSR count). The summed E-state index contributed by atoms with van der Waals surface area (Å²) in [5.74, 6) is -0.159. The average molecular weight is 399 g/mol. The lowest BCUT2D eigenvalue weighted by molar-refractivity contribution is -0.137. The number of rotatable bonds is 6. The SMILES string of the molecule is CCCCCCN1N=C(c2ccccc2)CN2C3C(=O)N(C)C(=O)N(C)C3NC12. The number of nitrogens with one attached hydrogen (secondary N) is 1. The van der Waals surface area contributed by atoms with E-state index in [2.05, 4.69) is 34.3 Å². The molecular formula is C21H30N6O2. The van der Waals surface area contributed by atoms with Crippen molar-refractivity contribution in [1.82, 2.24) is 25.0 Å². The third kappa shape index (κ3) is 3.51. The summed E-state index contributed by atoms with van der Waals surface area (Å²) in [6.07, 6.45) is 4.05. The molecule has 2 fully saturated rings. The predicted molar refractivity (Wildman–Crippen MR) is 111 cm³/mol. The molecule has 1 aromatic rings. The molecule has 3 amide bonds. The molecule has 0 aliphatic carbocycles. The summed E-state index contributed by atoms with van der Waals surface area (Å²) in [4.78, 5) is 30.4. The zero-order valence-corrected chi connectivity index (χ0v) is 17.4. The van der Waals surface area contributed by atoms with Crippen molar-refractivity contribution in [2.45, 2.75) is 51.1 Å². The van der Waals surface area contributed by atoms with Gasteiger partial charge in [0.2, 0.25) is 0 Å². The smallest absolute Gasteiger partial charge is 0.310 e. The number of hydrazone groups is 1. The van der Waals surface area contributed by atoms with E-state index in [-0.39, 0.29) is 24.4 Å². The van der Waals surface area contributed by atoms with Crippen LogP contribution in [0.3, 0.4) is 0 Å². The van der Waals surface area contributed by atoms with Gasteiger partial charge in [-0.25, -0.2) is 9.69 Å². The lowest BCUT2D eigenvalue weighted by Gasteiger charge is -2.41. The van der Waals surface area contributed by atoms with Gasteiger partial charge >= 0.3 is 6.03 Å². The summed E-state index contributed by atoms with van der Waals surface area (Å²) >= 11 is 0. The van der Waals surface area contributed by atoms with Crippen molar-refractivity contribution in [1.29, 1.82) is 0 Å². The third-order valence-corrected chi connectivity index (χ3v) is 6.09. The van der Waals surface area contributed by atoms with Gasteiger partial charge in [0.15, 0.2) is 6.29 Å². The van der Waals surface area contributed by atoms with Crippen LogP contribution in [0.5, 0.6) is 0 Å². The normalized spacial score (nSPS) is 27.2. The van der Waals surface area contributed by atoms with Crippen molar-refractivity contribution in [3.05, 3.63) is 35.9 Å². The Bertz CT molecular complexity index is 798. The number of unbranched alkanes of at least 4 members (excludes halogenated alkanes) is 3. The molecule has 8 heteroatoms. The highest BCUT2D eigenvalue weighted by Gasteiger charge is 2.55. The maximum absolute atomic E-state index is 13.0. The predicted octanol–water partition coefficient (Wildman–Crippen LogP) is 1.69. The van der Waals surface area contributed by atoms with Crippen LogP contribution in [0.15, 0.2) is 35.4 Å². The van der Waals surface area contributed by atoms with Gasteiger partial charge in [-0.05, 0) is 12.0 Å². The van der Waals surface area contributed by atoms with Gasteiger partial charge in [-0.1, -0.05) is 56.5 Å². The Morgan fingerprint density at radius 3 is 2.59 bits per heavy atom. The lowest BCUT2D eigenvalue weighted by atomic mass is 10.1. The molecular weight excluding hydrogens is 368 g/mol. The van der Waals surface area contributed by atoms with E-state index in [9.17, 15) is 9.59 Å². The van der Waals surface area contributed by atoms with E-state index in [1.807, 2.05) is 18.2 Å². The van der Waals surface area contributed by atoms with Crippen molar-refractivity contribution in [3.8, 4) is 0 Å². The van der Waals surface area contributed by atoms with Gasteiger partial charge in [-0.3, -0.25) is 20.0 Å². The van der Waals surface area contributed by atoms with Crippen molar-refractivity contribution < 1.29 is 9.59 Å². The minimum absolute atomic E-state index is 0.159. The maximum atomic E-state index is 13.0. The number of hydrogen-bond donors (Lipinski definition) is 1. The van der Waals surface area contributed by atoms with E-state index in [0.717, 1.165) is 30.7 Å². The average Bonchev–Trinajstić information content (AvgIpc) is 3.14. The van der Waals surface area contributed by atoms with E-state index < -0.39 is 6.04 Å². The summed E-state index contributed by atoms with van der Waals surface area (Å²) in [5, 5.41) is 10.5. The number of carbonyl (C=O) groups excluding carboxylic acids is 2. The Labute approximate surface area is 172 Å². The Morgan fingerprint density at radius 2 is 1.86 bits per heavy atom. The molecule has 8 nitrogen and oxygen atoms in total. The summed E-state index contributed by atoms with van der Waals surface area (Å²) in [7, 11) is 3.31. The molecule has 0 bridgehead atoms. The molecule has 3 heterocycles. The van der Waals surface area contributed by atoms with Crippen LogP contribution in [0.1, 0.15) is 38.2 Å². The first-order valence-electron chi connectivity index (χ1n) is 10.5. The first kappa shape index (κ1) is 19.8. The van der Waals surface area contributed by atoms with Gasteiger partial charge in [0.1, 0.15) is 12.2 Å². The number of fused-ring (bicyclic) bond motifs is 3. The second-order valence-corrected chi connectivity index (χ2v) is 8.03. The van der Waals surface area contributed by atoms with Crippen LogP contribution in [0.2, 0.25) is 0 Å². The number of carbonyl (C=O) groups is 2. The lowest BCUT2D eigenvalue weighted by Crippen LogP contribution is -2.65. The monoisotopic (exact) mass is 398 g/mol. The molecule has 3 aliphatic rings. The van der Waals surface area contributed by atoms with Crippen LogP contribution in [0, 0.1) is 0 Å². The number of urea groups is 1. The highest BCUT2D eigenvalue weighted by Crippen LogP contribution is 2.30. The molecule has 0 saturated carbocycles. The van der Waals surface area contributed by atoms with Gasteiger partial charge in [-0.15, -0.1) is 0 Å². The van der Waals surface area contributed by atoms with Crippen LogP contribution in [0.4, 0.5) is 4.79 Å². The number of amides is 3. The minimum atomic E-state index is -0.417. The third-order valence-electron chi connectivity index (χ3n) is 6.09. The number of nitrogens with zero attached hydrogens (tertiary/aromatic N) is 5. The van der Waals surface area contributed by atoms with Gasteiger partial charge in [0, 0.05) is 27.2 Å². The zero-order chi connectivity index (χ0) is 20.5. The van der Waals surface area contributed by atoms with Crippen molar-refractivity contribution in [3.63, 3.8) is 0 Å². The van der Waals surface area contributed by atoms with E-state index in [0.29, 0.717) is 6.54 Å². The van der Waals surface area contributed by atoms with Crippen LogP contribution < -0.4 is 5.32 Å². The second kappa shape index (κ2) is 8.12. The summed E-state index contributed by atoms with van der Waals surface area (Å²) in [6.45, 7) is 3.58. The molecule has 0 radical (unpaired) electrons. The molecule has 2 saturated heterocycles. The van der Waals surface area contributed by atoms with Gasteiger partial charge in [0.25, 0.3) is 5.91 Å². The Hall–Kier alpha value is -2.45. The van der Waals surface area contributed by atoms with Gasteiger partial charge in [0.05, 0.1) is 5.71 Å². The molecule has 1 aromatic carbocycles. The fourth-order valence-electron chi connectivity index (χ4n) is 4.43. The Balaban J connectivity index is 1.63. The van der Waals surface area contributed by atoms with Crippen LogP contribution in [0.25, 0.3) is 0 Å². The molecule has 3 aliphatic heterocycles. The first-order valence-corrected chi connectivity index (χ1v) is 10.5.